The summed E-state index contributed by atoms with van der Waals surface area (Å²) in [5, 5.41) is 1.11. The third kappa shape index (κ3) is 2.64. The lowest BCUT2D eigenvalue weighted by Gasteiger charge is -2.25. The maximum absolute atomic E-state index is 4.57. The van der Waals surface area contributed by atoms with E-state index in [1.165, 1.54) is 17.9 Å². The summed E-state index contributed by atoms with van der Waals surface area (Å²) in [6.45, 7) is 5.51. The van der Waals surface area contributed by atoms with E-state index in [2.05, 4.69) is 28.1 Å². The summed E-state index contributed by atoms with van der Waals surface area (Å²) >= 11 is 3.59. The largest absolute Gasteiger partial charge is 0.343 e. The lowest BCUT2D eigenvalue weighted by atomic mass is 10.2. The quantitative estimate of drug-likeness (QED) is 0.798. The van der Waals surface area contributed by atoms with Gasteiger partial charge in [0.15, 0.2) is 0 Å². The Morgan fingerprint density at radius 2 is 2.33 bits per heavy atom. The van der Waals surface area contributed by atoms with Gasteiger partial charge in [0.2, 0.25) is 5.13 Å². The van der Waals surface area contributed by atoms with E-state index in [9.17, 15) is 0 Å². The molecule has 0 aromatic carbocycles. The van der Waals surface area contributed by atoms with Crippen molar-refractivity contribution in [2.75, 3.05) is 23.0 Å². The fourth-order valence-corrected chi connectivity index (χ4v) is 3.60. The van der Waals surface area contributed by atoms with E-state index >= 15 is 0 Å². The van der Waals surface area contributed by atoms with Gasteiger partial charge < -0.3 is 4.90 Å². The Labute approximate surface area is 99.4 Å². The molecule has 1 atom stereocenters. The summed E-state index contributed by atoms with van der Waals surface area (Å²) < 4.78 is 4.36. The first-order valence-corrected chi connectivity index (χ1v) is 7.41. The summed E-state index contributed by atoms with van der Waals surface area (Å²) in [5.74, 6) is 3.47. The highest BCUT2D eigenvalue weighted by Gasteiger charge is 2.20. The summed E-state index contributed by atoms with van der Waals surface area (Å²) in [4.78, 5) is 6.98. The number of thioether (sulfide) groups is 1. The lowest BCUT2D eigenvalue weighted by molar-refractivity contribution is 0.643. The normalized spacial score (nSPS) is 22.8. The van der Waals surface area contributed by atoms with Crippen LogP contribution < -0.4 is 4.90 Å². The molecule has 1 aliphatic heterocycles. The maximum atomic E-state index is 4.57. The van der Waals surface area contributed by atoms with Crippen molar-refractivity contribution < 1.29 is 0 Å². The van der Waals surface area contributed by atoms with Gasteiger partial charge in [-0.05, 0) is 19.1 Å². The topological polar surface area (TPSA) is 29.0 Å². The van der Waals surface area contributed by atoms with Crippen molar-refractivity contribution in [3.8, 4) is 0 Å². The molecule has 5 heteroatoms. The van der Waals surface area contributed by atoms with Crippen LogP contribution in [0.5, 0.6) is 0 Å². The molecule has 0 radical (unpaired) electrons. The van der Waals surface area contributed by atoms with E-state index in [0.717, 1.165) is 23.9 Å². The fraction of sp³-hybridized carbons (Fsp3) is 0.800. The van der Waals surface area contributed by atoms with Crippen LogP contribution in [0.3, 0.4) is 0 Å². The van der Waals surface area contributed by atoms with Crippen molar-refractivity contribution in [1.29, 1.82) is 0 Å². The first-order chi connectivity index (χ1) is 7.31. The zero-order valence-corrected chi connectivity index (χ0v) is 10.9. The molecule has 1 saturated heterocycles. The van der Waals surface area contributed by atoms with Crippen molar-refractivity contribution in [1.82, 2.24) is 9.36 Å². The molecule has 0 aliphatic carbocycles. The Balaban J connectivity index is 2.12. The number of aryl methyl sites for hydroxylation is 1. The summed E-state index contributed by atoms with van der Waals surface area (Å²) in [7, 11) is 0. The van der Waals surface area contributed by atoms with Crippen LogP contribution in [-0.4, -0.2) is 33.4 Å². The Morgan fingerprint density at radius 3 is 3.07 bits per heavy atom. The van der Waals surface area contributed by atoms with Gasteiger partial charge in [-0.25, -0.2) is 4.98 Å². The highest BCUT2D eigenvalue weighted by molar-refractivity contribution is 7.99. The second-order valence-electron chi connectivity index (χ2n) is 3.79. The van der Waals surface area contributed by atoms with Crippen LogP contribution in [0.1, 0.15) is 26.1 Å². The molecule has 2 heterocycles. The van der Waals surface area contributed by atoms with Crippen molar-refractivity contribution in [2.45, 2.75) is 32.7 Å². The van der Waals surface area contributed by atoms with Crippen LogP contribution in [0.2, 0.25) is 0 Å². The zero-order valence-electron chi connectivity index (χ0n) is 9.27. The van der Waals surface area contributed by atoms with Crippen LogP contribution >= 0.6 is 23.3 Å². The van der Waals surface area contributed by atoms with Gasteiger partial charge in [-0.3, -0.25) is 0 Å². The Kier molecular flexibility index (Phi) is 3.86. The highest BCUT2D eigenvalue weighted by atomic mass is 32.2. The lowest BCUT2D eigenvalue weighted by Crippen LogP contribution is -2.33. The van der Waals surface area contributed by atoms with Gasteiger partial charge in [0.25, 0.3) is 0 Å². The molecule has 1 aromatic rings. The van der Waals surface area contributed by atoms with Crippen LogP contribution in [0, 0.1) is 0 Å². The van der Waals surface area contributed by atoms with Gasteiger partial charge >= 0.3 is 0 Å². The molecule has 0 spiro atoms. The van der Waals surface area contributed by atoms with E-state index in [4.69, 9.17) is 0 Å². The number of hydrogen-bond acceptors (Lipinski definition) is 5. The summed E-state index contributed by atoms with van der Waals surface area (Å²) in [5.41, 5.74) is 0. The minimum absolute atomic E-state index is 0.609. The Morgan fingerprint density at radius 1 is 1.47 bits per heavy atom. The van der Waals surface area contributed by atoms with Gasteiger partial charge in [-0.1, -0.05) is 6.92 Å². The van der Waals surface area contributed by atoms with E-state index in [0.29, 0.717) is 6.04 Å². The molecular formula is C10H17N3S2. The summed E-state index contributed by atoms with van der Waals surface area (Å²) in [6, 6.07) is 0.609. The molecule has 1 unspecified atom stereocenters. The predicted octanol–water partition coefficient (Wildman–Crippen LogP) is 2.43. The molecule has 1 aliphatic rings. The number of rotatable bonds is 2. The highest BCUT2D eigenvalue weighted by Crippen LogP contribution is 2.24. The second-order valence-corrected chi connectivity index (χ2v) is 5.75. The van der Waals surface area contributed by atoms with Gasteiger partial charge in [0.1, 0.15) is 5.82 Å². The average molecular weight is 243 g/mol. The molecule has 1 aromatic heterocycles. The van der Waals surface area contributed by atoms with Crippen molar-refractivity contribution in [3.05, 3.63) is 5.82 Å². The maximum Gasteiger partial charge on any atom is 0.205 e. The fourth-order valence-electron chi connectivity index (χ4n) is 1.68. The van der Waals surface area contributed by atoms with Crippen LogP contribution in [0.15, 0.2) is 0 Å². The molecule has 3 nitrogen and oxygen atoms in total. The van der Waals surface area contributed by atoms with E-state index in [-0.39, 0.29) is 0 Å². The standard InChI is InChI=1S/C10H17N3S2/c1-3-9-11-10(15-12-9)13-5-7-14-6-4-8(13)2/h8H,3-7H2,1-2H3. The van der Waals surface area contributed by atoms with Gasteiger partial charge in [-0.2, -0.15) is 16.1 Å². The van der Waals surface area contributed by atoms with Gasteiger partial charge in [0, 0.05) is 36.3 Å². The van der Waals surface area contributed by atoms with Gasteiger partial charge in [-0.15, -0.1) is 0 Å². The van der Waals surface area contributed by atoms with Crippen LogP contribution in [-0.2, 0) is 6.42 Å². The van der Waals surface area contributed by atoms with Gasteiger partial charge in [0.05, 0.1) is 0 Å². The SMILES string of the molecule is CCc1nsc(N2CCSCCC2C)n1. The van der Waals surface area contributed by atoms with Crippen LogP contribution in [0.4, 0.5) is 5.13 Å². The Hall–Kier alpha value is -0.290. The molecule has 2 rings (SSSR count). The van der Waals surface area contributed by atoms with E-state index < -0.39 is 0 Å². The monoisotopic (exact) mass is 243 g/mol. The van der Waals surface area contributed by atoms with Crippen molar-refractivity contribution in [3.63, 3.8) is 0 Å². The number of hydrogen-bond donors (Lipinski definition) is 0. The number of nitrogens with zero attached hydrogens (tertiary/aromatic N) is 3. The van der Waals surface area contributed by atoms with Crippen molar-refractivity contribution in [2.24, 2.45) is 0 Å². The molecule has 0 N–H and O–H groups in total. The van der Waals surface area contributed by atoms with Crippen LogP contribution in [0.25, 0.3) is 0 Å². The molecule has 15 heavy (non-hydrogen) atoms. The smallest absolute Gasteiger partial charge is 0.205 e. The zero-order chi connectivity index (χ0) is 10.7. The first-order valence-electron chi connectivity index (χ1n) is 5.48. The number of anilines is 1. The molecule has 0 bridgehead atoms. The molecule has 84 valence electrons. The second kappa shape index (κ2) is 5.16. The van der Waals surface area contributed by atoms with E-state index in [1.54, 1.807) is 11.5 Å². The summed E-state index contributed by atoms with van der Waals surface area (Å²) in [6.07, 6.45) is 2.19. The third-order valence-electron chi connectivity index (χ3n) is 2.71. The molecule has 0 saturated carbocycles. The van der Waals surface area contributed by atoms with E-state index in [1.807, 2.05) is 11.8 Å². The minimum Gasteiger partial charge on any atom is -0.343 e. The molecule has 0 amide bonds. The first kappa shape index (κ1) is 11.2. The minimum atomic E-state index is 0.609. The molecular weight excluding hydrogens is 226 g/mol. The molecule has 1 fully saturated rings. The average Bonchev–Trinajstić information content (AvgIpc) is 2.62. The Bertz CT molecular complexity index is 313. The van der Waals surface area contributed by atoms with Crippen molar-refractivity contribution >= 4 is 28.4 Å². The number of aromatic nitrogens is 2. The third-order valence-corrected chi connectivity index (χ3v) is 4.49. The predicted molar refractivity (Wildman–Crippen MR) is 68.0 cm³/mol.